The van der Waals surface area contributed by atoms with E-state index in [0.29, 0.717) is 0 Å². The summed E-state index contributed by atoms with van der Waals surface area (Å²) in [6, 6.07) is 11.4. The number of sulfonamides is 2. The van der Waals surface area contributed by atoms with Crippen LogP contribution in [0.25, 0.3) is 0 Å². The molecule has 2 aromatic carbocycles. The Morgan fingerprint density at radius 3 is 1.76 bits per heavy atom. The highest BCUT2D eigenvalue weighted by molar-refractivity contribution is 7.90. The molecule has 2 N–H and O–H groups in total. The van der Waals surface area contributed by atoms with E-state index in [1.54, 1.807) is 24.3 Å². The van der Waals surface area contributed by atoms with Crippen LogP contribution in [0.5, 0.6) is 0 Å². The Kier molecular flexibility index (Phi) is 5.59. The number of carbonyl (C=O) groups is 1. The first-order valence-electron chi connectivity index (χ1n) is 9.19. The second-order valence-electron chi connectivity index (χ2n) is 8.13. The molecule has 1 aliphatic rings. The molecule has 3 rings (SSSR count). The summed E-state index contributed by atoms with van der Waals surface area (Å²) in [4.78, 5) is 12.1. The van der Waals surface area contributed by atoms with Crippen LogP contribution >= 0.6 is 0 Å². The van der Waals surface area contributed by atoms with Gasteiger partial charge in [-0.2, -0.15) is 0 Å². The molecule has 0 radical (unpaired) electrons. The molecule has 0 aromatic heterocycles. The van der Waals surface area contributed by atoms with Gasteiger partial charge in [-0.05, 0) is 60.2 Å². The molecule has 9 heteroatoms. The highest BCUT2D eigenvalue weighted by atomic mass is 32.2. The minimum Gasteiger partial charge on any atom is -0.268 e. The number of hydrogen-bond donors (Lipinski definition) is 2. The summed E-state index contributed by atoms with van der Waals surface area (Å²) >= 11 is 0. The number of rotatable bonds is 6. The van der Waals surface area contributed by atoms with E-state index in [1.165, 1.54) is 24.3 Å². The molecule has 0 bridgehead atoms. The second kappa shape index (κ2) is 7.55. The van der Waals surface area contributed by atoms with Crippen molar-refractivity contribution >= 4 is 26.0 Å². The van der Waals surface area contributed by atoms with E-state index in [2.05, 4.69) is 4.72 Å². The van der Waals surface area contributed by atoms with Gasteiger partial charge in [0.2, 0.25) is 10.0 Å². The first kappa shape index (κ1) is 21.5. The highest BCUT2D eigenvalue weighted by Gasteiger charge is 2.28. The molecule has 2 aromatic rings. The molecule has 0 atom stereocenters. The van der Waals surface area contributed by atoms with Crippen molar-refractivity contribution in [2.75, 3.05) is 0 Å². The van der Waals surface area contributed by atoms with Crippen LogP contribution in [0.4, 0.5) is 0 Å². The molecule has 1 saturated carbocycles. The largest absolute Gasteiger partial charge is 0.268 e. The van der Waals surface area contributed by atoms with Crippen molar-refractivity contribution in [2.45, 2.75) is 54.9 Å². The fourth-order valence-corrected chi connectivity index (χ4v) is 4.93. The molecule has 0 saturated heterocycles. The van der Waals surface area contributed by atoms with E-state index in [-0.39, 0.29) is 26.8 Å². The zero-order valence-electron chi connectivity index (χ0n) is 16.5. The average molecular weight is 437 g/mol. The van der Waals surface area contributed by atoms with Gasteiger partial charge in [0.15, 0.2) is 0 Å². The molecular formula is C20H24N2O5S2. The van der Waals surface area contributed by atoms with Crippen molar-refractivity contribution in [2.24, 2.45) is 0 Å². The number of hydrogen-bond acceptors (Lipinski definition) is 5. The normalized spacial score (nSPS) is 15.1. The van der Waals surface area contributed by atoms with Gasteiger partial charge in [-0.1, -0.05) is 32.9 Å². The van der Waals surface area contributed by atoms with E-state index >= 15 is 0 Å². The van der Waals surface area contributed by atoms with Crippen molar-refractivity contribution < 1.29 is 21.6 Å². The smallest absolute Gasteiger partial charge is 0.264 e. The predicted octanol–water partition coefficient (Wildman–Crippen LogP) is 2.54. The minimum absolute atomic E-state index is 0.0209. The molecule has 29 heavy (non-hydrogen) atoms. The summed E-state index contributed by atoms with van der Waals surface area (Å²) in [6.07, 6.45) is 1.60. The molecule has 1 fully saturated rings. The summed E-state index contributed by atoms with van der Waals surface area (Å²) in [7, 11) is -7.81. The van der Waals surface area contributed by atoms with Crippen LogP contribution in [0, 0.1) is 0 Å². The maximum absolute atomic E-state index is 12.5. The van der Waals surface area contributed by atoms with Gasteiger partial charge in [-0.3, -0.25) is 4.79 Å². The Balaban J connectivity index is 1.74. The average Bonchev–Trinajstić information content (AvgIpc) is 3.44. The van der Waals surface area contributed by atoms with Crippen molar-refractivity contribution in [3.8, 4) is 0 Å². The lowest BCUT2D eigenvalue weighted by Crippen LogP contribution is -2.30. The first-order chi connectivity index (χ1) is 13.4. The van der Waals surface area contributed by atoms with Gasteiger partial charge in [0.25, 0.3) is 15.9 Å². The lowest BCUT2D eigenvalue weighted by molar-refractivity contribution is 0.0981. The van der Waals surface area contributed by atoms with Crippen LogP contribution in [-0.4, -0.2) is 28.8 Å². The SMILES string of the molecule is CC(C)(C)c1ccc(C(=O)NS(=O)(=O)c2ccc(S(=O)(=O)NC3CC3)cc2)cc1. The van der Waals surface area contributed by atoms with E-state index < -0.39 is 26.0 Å². The van der Waals surface area contributed by atoms with Crippen LogP contribution < -0.4 is 9.44 Å². The van der Waals surface area contributed by atoms with E-state index in [4.69, 9.17) is 0 Å². The van der Waals surface area contributed by atoms with Gasteiger partial charge in [0.05, 0.1) is 9.79 Å². The van der Waals surface area contributed by atoms with Crippen LogP contribution in [0.3, 0.4) is 0 Å². The van der Waals surface area contributed by atoms with Crippen LogP contribution in [0.2, 0.25) is 0 Å². The monoisotopic (exact) mass is 436 g/mol. The van der Waals surface area contributed by atoms with Gasteiger partial charge in [-0.15, -0.1) is 0 Å². The Hall–Kier alpha value is -2.23. The first-order valence-corrected chi connectivity index (χ1v) is 12.2. The summed E-state index contributed by atoms with van der Waals surface area (Å²) < 4.78 is 53.9. The van der Waals surface area contributed by atoms with Gasteiger partial charge in [0.1, 0.15) is 0 Å². The van der Waals surface area contributed by atoms with E-state index in [1.807, 2.05) is 25.5 Å². The molecule has 0 heterocycles. The second-order valence-corrected chi connectivity index (χ2v) is 11.5. The molecule has 0 aliphatic heterocycles. The van der Waals surface area contributed by atoms with Gasteiger partial charge in [0, 0.05) is 11.6 Å². The summed E-state index contributed by atoms with van der Waals surface area (Å²) in [5.41, 5.74) is 1.15. The van der Waals surface area contributed by atoms with E-state index in [0.717, 1.165) is 18.4 Å². The number of benzene rings is 2. The number of amides is 1. The zero-order valence-corrected chi connectivity index (χ0v) is 18.1. The predicted molar refractivity (Wildman–Crippen MR) is 110 cm³/mol. The summed E-state index contributed by atoms with van der Waals surface area (Å²) in [5.74, 6) is -0.752. The number of carbonyl (C=O) groups excluding carboxylic acids is 1. The number of nitrogens with one attached hydrogen (secondary N) is 2. The standard InChI is InChI=1S/C20H24N2O5S2/c1-20(2,3)15-6-4-14(5-7-15)19(23)22-29(26,27)18-12-10-17(11-13-18)28(24,25)21-16-8-9-16/h4-7,10-13,16,21H,8-9H2,1-3H3,(H,22,23). The molecule has 156 valence electrons. The lowest BCUT2D eigenvalue weighted by atomic mass is 9.87. The minimum atomic E-state index is -4.13. The molecule has 1 aliphatic carbocycles. The quantitative estimate of drug-likeness (QED) is 0.723. The van der Waals surface area contributed by atoms with Crippen LogP contribution in [0.15, 0.2) is 58.3 Å². The highest BCUT2D eigenvalue weighted by Crippen LogP contribution is 2.24. The van der Waals surface area contributed by atoms with Gasteiger partial charge >= 0.3 is 0 Å². The Bertz CT molecular complexity index is 1110. The third-order valence-electron chi connectivity index (χ3n) is 4.58. The van der Waals surface area contributed by atoms with E-state index in [9.17, 15) is 21.6 Å². The third-order valence-corrected chi connectivity index (χ3v) is 7.47. The Morgan fingerprint density at radius 1 is 0.828 bits per heavy atom. The topological polar surface area (TPSA) is 109 Å². The Morgan fingerprint density at radius 2 is 1.31 bits per heavy atom. The molecule has 0 spiro atoms. The van der Waals surface area contributed by atoms with Crippen molar-refractivity contribution in [1.82, 2.24) is 9.44 Å². The molecule has 7 nitrogen and oxygen atoms in total. The fraction of sp³-hybridized carbons (Fsp3) is 0.350. The maximum atomic E-state index is 12.5. The zero-order chi connectivity index (χ0) is 21.4. The van der Waals surface area contributed by atoms with Gasteiger partial charge in [-0.25, -0.2) is 26.3 Å². The van der Waals surface area contributed by atoms with Crippen LogP contribution in [0.1, 0.15) is 49.5 Å². The summed E-state index contributed by atoms with van der Waals surface area (Å²) in [6.45, 7) is 6.11. The molecular weight excluding hydrogens is 412 g/mol. The summed E-state index contributed by atoms with van der Waals surface area (Å²) in [5, 5.41) is 0. The van der Waals surface area contributed by atoms with Crippen molar-refractivity contribution in [3.63, 3.8) is 0 Å². The van der Waals surface area contributed by atoms with Gasteiger partial charge < -0.3 is 0 Å². The van der Waals surface area contributed by atoms with Crippen LogP contribution in [-0.2, 0) is 25.5 Å². The lowest BCUT2D eigenvalue weighted by Gasteiger charge is -2.19. The maximum Gasteiger partial charge on any atom is 0.264 e. The fourth-order valence-electron chi connectivity index (χ4n) is 2.65. The molecule has 1 amide bonds. The molecule has 0 unspecified atom stereocenters. The Labute approximate surface area is 171 Å². The van der Waals surface area contributed by atoms with Crippen molar-refractivity contribution in [1.29, 1.82) is 0 Å². The van der Waals surface area contributed by atoms with Crippen molar-refractivity contribution in [3.05, 3.63) is 59.7 Å². The third kappa shape index (κ3) is 5.23.